The maximum atomic E-state index is 15.3. The highest BCUT2D eigenvalue weighted by molar-refractivity contribution is 8.76. The molecule has 3 aliphatic heterocycles. The second-order valence-electron chi connectivity index (χ2n) is 24.8. The average molecular weight is 1420 g/mol. The Morgan fingerprint density at radius 1 is 0.616 bits per heavy atom. The molecule has 0 spiro atoms. The number of amides is 8. The lowest BCUT2D eigenvalue weighted by Gasteiger charge is -2.33. The van der Waals surface area contributed by atoms with Crippen LogP contribution in [0.2, 0.25) is 0 Å². The van der Waals surface area contributed by atoms with E-state index in [0.29, 0.717) is 23.1 Å². The summed E-state index contributed by atoms with van der Waals surface area (Å²) in [7, 11) is 1.82. The molecule has 6 rings (SSSR count). The molecule has 544 valence electrons. The second-order valence-corrected chi connectivity index (χ2v) is 27.4. The van der Waals surface area contributed by atoms with Gasteiger partial charge in [-0.15, -0.1) is 0 Å². The van der Waals surface area contributed by atoms with Crippen molar-refractivity contribution in [3.63, 3.8) is 0 Å². The molecule has 4 unspecified atom stereocenters. The molecule has 12 atom stereocenters. The third-order valence-electron chi connectivity index (χ3n) is 17.0. The Kier molecular flexibility index (Phi) is 32.9. The van der Waals surface area contributed by atoms with Crippen LogP contribution >= 0.6 is 21.6 Å². The van der Waals surface area contributed by atoms with Gasteiger partial charge >= 0.3 is 17.9 Å². The predicted molar refractivity (Wildman–Crippen MR) is 366 cm³/mol. The molecule has 0 saturated carbocycles. The number of unbranched alkanes of at least 4 members (excludes halogenated alkanes) is 1. The van der Waals surface area contributed by atoms with Gasteiger partial charge in [0, 0.05) is 82.6 Å². The van der Waals surface area contributed by atoms with Gasteiger partial charge in [0.15, 0.2) is 0 Å². The number of benzene rings is 2. The highest BCUT2D eigenvalue weighted by Crippen LogP contribution is 2.30. The fraction of sp³-hybridized carbons (Fsp3) is 0.554. The minimum atomic E-state index is -1.77. The lowest BCUT2D eigenvalue weighted by molar-refractivity contribution is -0.140. The van der Waals surface area contributed by atoms with E-state index in [1.165, 1.54) is 38.1 Å². The third kappa shape index (κ3) is 27.1. The molecule has 2 aromatic rings. The van der Waals surface area contributed by atoms with E-state index < -0.39 is 152 Å². The molecule has 3 heterocycles. The number of carboxylic acids is 3. The maximum Gasteiger partial charge on any atom is 0.317 e. The largest absolute Gasteiger partial charge is 0.508 e. The van der Waals surface area contributed by atoms with Crippen LogP contribution in [-0.2, 0) is 65.6 Å². The number of aliphatic hydroxyl groups is 3. The van der Waals surface area contributed by atoms with E-state index in [4.69, 9.17) is 5.73 Å². The summed E-state index contributed by atoms with van der Waals surface area (Å²) in [6, 6.07) is 1.97. The fourth-order valence-electron chi connectivity index (χ4n) is 11.4. The number of carbonyl (C=O) groups is 11. The lowest BCUT2D eigenvalue weighted by atomic mass is 9.87. The summed E-state index contributed by atoms with van der Waals surface area (Å²) in [5.74, 6) is -11.8. The van der Waals surface area contributed by atoms with E-state index in [9.17, 15) is 74.1 Å². The van der Waals surface area contributed by atoms with Gasteiger partial charge in [-0.2, -0.15) is 0 Å². The number of nitrogens with zero attached hydrogens (tertiary/aromatic N) is 4. The SMILES string of the molecule is CC(O)[C@H](CO)NC(=O)[C@H]1CSSC[C@@H](NC(=O)[C@H](Cc2ccccc2)NC(=O)CN2CCN(CC(=O)O)CCN(CC(=O)O)CCN(CC(=O)O)CC2)C(=O)NC(Cc2ccc(O)cc2)C(=O)N[C@@H](CC2=CNC3C=CC=CC23)C(=O)N[C@H](CCCCN)C(=O)N[C@@H]([C@@H](C)O)C(=O)N1. The van der Waals surface area contributed by atoms with Crippen LogP contribution in [0.25, 0.3) is 0 Å². The molecule has 8 amide bonds. The van der Waals surface area contributed by atoms with Crippen molar-refractivity contribution in [2.45, 2.75) is 119 Å². The molecule has 1 aliphatic carbocycles. The van der Waals surface area contributed by atoms with E-state index in [1.54, 1.807) is 56.1 Å². The smallest absolute Gasteiger partial charge is 0.317 e. The fourth-order valence-corrected chi connectivity index (χ4v) is 13.7. The monoisotopic (exact) mass is 1420 g/mol. The highest BCUT2D eigenvalue weighted by Gasteiger charge is 2.39. The number of hydrogen-bond acceptors (Lipinski definition) is 23. The summed E-state index contributed by atoms with van der Waals surface area (Å²) in [5.41, 5.74) is 7.50. The zero-order chi connectivity index (χ0) is 72.1. The molecule has 32 nitrogen and oxygen atoms in total. The summed E-state index contributed by atoms with van der Waals surface area (Å²) in [6.45, 7) is 1.11. The zero-order valence-electron chi connectivity index (χ0n) is 55.4. The molecular weight excluding hydrogens is 1330 g/mol. The van der Waals surface area contributed by atoms with Gasteiger partial charge in [-0.05, 0) is 81.1 Å². The van der Waals surface area contributed by atoms with Crippen LogP contribution in [0.5, 0.6) is 5.75 Å². The van der Waals surface area contributed by atoms with Crippen LogP contribution in [0, 0.1) is 5.92 Å². The van der Waals surface area contributed by atoms with Crippen molar-refractivity contribution in [1.29, 1.82) is 0 Å². The molecule has 99 heavy (non-hydrogen) atoms. The van der Waals surface area contributed by atoms with E-state index in [0.717, 1.165) is 21.6 Å². The van der Waals surface area contributed by atoms with Gasteiger partial charge in [0.1, 0.15) is 48.0 Å². The van der Waals surface area contributed by atoms with Gasteiger partial charge < -0.3 is 89.3 Å². The molecule has 34 heteroatoms. The van der Waals surface area contributed by atoms with Gasteiger partial charge in [-0.3, -0.25) is 72.3 Å². The number of allylic oxidation sites excluding steroid dienone is 2. The third-order valence-corrected chi connectivity index (χ3v) is 19.4. The van der Waals surface area contributed by atoms with E-state index in [-0.39, 0.29) is 127 Å². The standard InChI is InChI=1S/C65H94N14O18S2/c1-39(81)51(36-80)72-64(96)53-38-99-98-37-52(73-60(92)48(28-41-10-4-3-5-11-41)68-54(84)32-76-20-22-77(33-55(85)86)24-26-79(35-57(89)90)27-25-78(23-21-76)34-56(87)88)63(95)70-49(29-42-15-17-44(83)18-16-42)61(93)71-50(30-43-31-67-46-13-7-6-12-45(43)46)62(94)69-47(14-8-9-19-66)59(91)75-58(40(2)82)65(97)74-53/h3-7,10-13,15-18,31,39-40,45-53,58,67,80-83H,8-9,14,19-30,32-38,66H2,1-2H3,(H,68,84)(H,69,94)(H,70,95)(H,71,93)(H,72,96)(H,73,92)(H,74,97)(H,75,91)(H,85,86)(H,87,88)(H,89,90)/t39?,40-,45?,46?,47-,48+,49?,50+,51+,52-,53-,58+/m1/s1. The molecular formula is C65H94N14O18S2. The number of carbonyl (C=O) groups excluding carboxylic acids is 8. The number of hydrogen-bond donors (Lipinski definition) is 17. The van der Waals surface area contributed by atoms with Crippen molar-refractivity contribution in [3.8, 4) is 5.75 Å². The quantitative estimate of drug-likeness (QED) is 0.0314. The zero-order valence-corrected chi connectivity index (χ0v) is 57.0. The first kappa shape index (κ1) is 79.8. The first-order valence-electron chi connectivity index (χ1n) is 32.8. The number of nitrogens with one attached hydrogen (secondary N) is 9. The molecule has 4 aliphatic rings. The first-order chi connectivity index (χ1) is 47.3. The summed E-state index contributed by atoms with van der Waals surface area (Å²) in [6.07, 6.45) is 6.36. The minimum absolute atomic E-state index is 0.0447. The molecule has 0 radical (unpaired) electrons. The minimum Gasteiger partial charge on any atom is -0.508 e. The Labute approximate surface area is 581 Å². The molecule has 0 aromatic heterocycles. The number of phenolic OH excluding ortho intramolecular Hbond substituents is 1. The van der Waals surface area contributed by atoms with E-state index in [1.807, 2.05) is 24.3 Å². The van der Waals surface area contributed by atoms with Gasteiger partial charge in [0.25, 0.3) is 0 Å². The Morgan fingerprint density at radius 3 is 1.71 bits per heavy atom. The Balaban J connectivity index is 1.39. The maximum absolute atomic E-state index is 15.3. The highest BCUT2D eigenvalue weighted by atomic mass is 33.1. The summed E-state index contributed by atoms with van der Waals surface area (Å²) in [4.78, 5) is 160. The molecule has 2 saturated heterocycles. The van der Waals surface area contributed by atoms with Crippen LogP contribution in [0.1, 0.15) is 50.7 Å². The molecule has 0 bridgehead atoms. The normalized spacial score (nSPS) is 24.5. The van der Waals surface area contributed by atoms with Crippen molar-refractivity contribution >= 4 is 86.8 Å². The van der Waals surface area contributed by atoms with Gasteiger partial charge in [-0.1, -0.05) is 88.4 Å². The number of fused-ring (bicyclic) bond motifs is 1. The van der Waals surface area contributed by atoms with Crippen LogP contribution in [0.15, 0.2) is 90.7 Å². The average Bonchev–Trinajstić information content (AvgIpc) is 1.76. The number of carboxylic acid groups (broad SMARTS) is 3. The topological polar surface area (TPSA) is 477 Å². The summed E-state index contributed by atoms with van der Waals surface area (Å²) < 4.78 is 0. The summed E-state index contributed by atoms with van der Waals surface area (Å²) >= 11 is 0. The van der Waals surface area contributed by atoms with Crippen molar-refractivity contribution < 1.29 is 88.5 Å². The van der Waals surface area contributed by atoms with Crippen LogP contribution < -0.4 is 53.6 Å². The first-order valence-corrected chi connectivity index (χ1v) is 35.3. The number of rotatable bonds is 26. The molecule has 18 N–H and O–H groups in total. The summed E-state index contributed by atoms with van der Waals surface area (Å²) in [5, 5.41) is 95.9. The number of aliphatic hydroxyl groups excluding tert-OH is 3. The number of phenols is 1. The van der Waals surface area contributed by atoms with Gasteiger partial charge in [-0.25, -0.2) is 0 Å². The Bertz CT molecular complexity index is 3140. The van der Waals surface area contributed by atoms with Crippen LogP contribution in [0.4, 0.5) is 0 Å². The van der Waals surface area contributed by atoms with Crippen LogP contribution in [-0.4, -0.2) is 290 Å². The predicted octanol–water partition coefficient (Wildman–Crippen LogP) is -4.20. The number of aliphatic carboxylic acids is 3. The van der Waals surface area contributed by atoms with Crippen molar-refractivity contribution in [2.75, 3.05) is 103 Å². The number of aromatic hydroxyl groups is 1. The van der Waals surface area contributed by atoms with E-state index >= 15 is 14.4 Å². The second kappa shape index (κ2) is 40.8. The van der Waals surface area contributed by atoms with Crippen LogP contribution in [0.3, 0.4) is 0 Å². The van der Waals surface area contributed by atoms with E-state index in [2.05, 4.69) is 47.9 Å². The van der Waals surface area contributed by atoms with Gasteiger partial charge in [0.2, 0.25) is 47.3 Å². The molecule has 2 fully saturated rings. The lowest BCUT2D eigenvalue weighted by Crippen LogP contribution is -2.62. The number of nitrogens with two attached hydrogens (primary N) is 1. The Morgan fingerprint density at radius 2 is 1.15 bits per heavy atom. The van der Waals surface area contributed by atoms with Gasteiger partial charge in [0.05, 0.1) is 57.1 Å². The Hall–Kier alpha value is -8.19. The van der Waals surface area contributed by atoms with Crippen molar-refractivity contribution in [2.24, 2.45) is 11.7 Å². The van der Waals surface area contributed by atoms with Crippen molar-refractivity contribution in [1.82, 2.24) is 67.5 Å². The van der Waals surface area contributed by atoms with Crippen molar-refractivity contribution in [3.05, 3.63) is 102 Å². The molecule has 2 aromatic carbocycles.